The van der Waals surface area contributed by atoms with Gasteiger partial charge in [-0.25, -0.2) is 9.78 Å². The molecule has 24 heavy (non-hydrogen) atoms. The molecule has 1 aliphatic rings. The Morgan fingerprint density at radius 2 is 2.04 bits per heavy atom. The largest absolute Gasteiger partial charge is 0.458 e. The molecule has 126 valence electrons. The van der Waals surface area contributed by atoms with E-state index in [1.807, 2.05) is 36.6 Å². The average molecular weight is 327 g/mol. The molecule has 2 aromatic heterocycles. The van der Waals surface area contributed by atoms with Gasteiger partial charge >= 0.3 is 5.97 Å². The Labute approximate surface area is 140 Å². The third-order valence-corrected chi connectivity index (χ3v) is 3.89. The zero-order chi connectivity index (χ0) is 17.3. The Morgan fingerprint density at radius 1 is 1.25 bits per heavy atom. The first-order chi connectivity index (χ1) is 11.5. The van der Waals surface area contributed by atoms with E-state index in [0.717, 1.165) is 36.3 Å². The van der Waals surface area contributed by atoms with E-state index in [4.69, 9.17) is 4.74 Å². The number of hydrogen-bond acceptors (Lipinski definition) is 4. The van der Waals surface area contributed by atoms with E-state index in [2.05, 4.69) is 10.3 Å². The number of pyridine rings is 1. The molecule has 0 radical (unpaired) electrons. The Balaban J connectivity index is 2.03. The summed E-state index contributed by atoms with van der Waals surface area (Å²) in [7, 11) is 0. The van der Waals surface area contributed by atoms with E-state index in [-0.39, 0.29) is 18.0 Å². The Morgan fingerprint density at radius 3 is 2.75 bits per heavy atom. The lowest BCUT2D eigenvalue weighted by molar-refractivity contribution is -0.114. The van der Waals surface area contributed by atoms with Gasteiger partial charge in [-0.3, -0.25) is 4.79 Å². The zero-order valence-corrected chi connectivity index (χ0v) is 14.1. The molecule has 0 atom stereocenters. The molecule has 2 aromatic rings. The van der Waals surface area contributed by atoms with Gasteiger partial charge in [0.25, 0.3) is 0 Å². The minimum atomic E-state index is -0.322. The smallest absolute Gasteiger partial charge is 0.355 e. The van der Waals surface area contributed by atoms with Crippen LogP contribution in [0.3, 0.4) is 0 Å². The highest BCUT2D eigenvalue weighted by atomic mass is 16.5. The van der Waals surface area contributed by atoms with Crippen molar-refractivity contribution in [2.24, 2.45) is 0 Å². The van der Waals surface area contributed by atoms with Crippen LogP contribution in [0.2, 0.25) is 0 Å². The highest BCUT2D eigenvalue weighted by Gasteiger charge is 2.23. The number of aromatic nitrogens is 2. The summed E-state index contributed by atoms with van der Waals surface area (Å²) in [6.07, 6.45) is 1.63. The quantitative estimate of drug-likeness (QED) is 0.880. The fourth-order valence-corrected chi connectivity index (χ4v) is 2.96. The minimum absolute atomic E-state index is 0.160. The number of fused-ring (bicyclic) bond motifs is 3. The molecule has 3 heterocycles. The van der Waals surface area contributed by atoms with Crippen LogP contribution in [0, 0.1) is 0 Å². The number of anilines is 1. The van der Waals surface area contributed by atoms with Crippen LogP contribution < -0.4 is 5.32 Å². The zero-order valence-electron chi connectivity index (χ0n) is 14.1. The number of nitrogens with zero attached hydrogens (tertiary/aromatic N) is 2. The summed E-state index contributed by atoms with van der Waals surface area (Å²) in [5.74, 6) is 0.0348. The molecule has 0 saturated heterocycles. The van der Waals surface area contributed by atoms with Gasteiger partial charge in [0.05, 0.1) is 17.5 Å². The Kier molecular flexibility index (Phi) is 4.38. The van der Waals surface area contributed by atoms with E-state index in [9.17, 15) is 9.59 Å². The van der Waals surface area contributed by atoms with E-state index in [1.165, 1.54) is 6.92 Å². The first kappa shape index (κ1) is 16.2. The molecule has 1 amide bonds. The molecular weight excluding hydrogens is 306 g/mol. The van der Waals surface area contributed by atoms with Crippen LogP contribution >= 0.6 is 0 Å². The average Bonchev–Trinajstić information content (AvgIpc) is 2.83. The van der Waals surface area contributed by atoms with Crippen LogP contribution in [0.4, 0.5) is 5.82 Å². The fourth-order valence-electron chi connectivity index (χ4n) is 2.96. The third kappa shape index (κ3) is 3.18. The van der Waals surface area contributed by atoms with E-state index in [1.54, 1.807) is 6.07 Å². The summed E-state index contributed by atoms with van der Waals surface area (Å²) >= 11 is 0. The molecule has 6 heteroatoms. The molecule has 1 aliphatic heterocycles. The first-order valence-corrected chi connectivity index (χ1v) is 8.14. The van der Waals surface area contributed by atoms with Crippen molar-refractivity contribution in [2.75, 3.05) is 5.32 Å². The number of rotatable bonds is 3. The second-order valence-electron chi connectivity index (χ2n) is 6.20. The number of carbonyl (C=O) groups is 2. The van der Waals surface area contributed by atoms with Crippen LogP contribution in [-0.4, -0.2) is 27.5 Å². The van der Waals surface area contributed by atoms with Gasteiger partial charge in [0.15, 0.2) is 0 Å². The maximum atomic E-state index is 12.3. The van der Waals surface area contributed by atoms with Gasteiger partial charge in [-0.05, 0) is 50.5 Å². The van der Waals surface area contributed by atoms with Crippen molar-refractivity contribution < 1.29 is 14.3 Å². The van der Waals surface area contributed by atoms with Crippen molar-refractivity contribution in [1.82, 2.24) is 9.55 Å². The Hall–Kier alpha value is -2.63. The number of aryl methyl sites for hydroxylation is 1. The molecule has 0 bridgehead atoms. The molecule has 0 aromatic carbocycles. The van der Waals surface area contributed by atoms with Crippen LogP contribution in [-0.2, 0) is 22.5 Å². The second-order valence-corrected chi connectivity index (χ2v) is 6.20. The lowest BCUT2D eigenvalue weighted by Crippen LogP contribution is -2.16. The molecule has 1 N–H and O–H groups in total. The summed E-state index contributed by atoms with van der Waals surface area (Å²) in [5.41, 5.74) is 3.34. The molecule has 0 spiro atoms. The summed E-state index contributed by atoms with van der Waals surface area (Å²) in [6.45, 7) is 5.86. The predicted octanol–water partition coefficient (Wildman–Crippen LogP) is 3.02. The third-order valence-electron chi connectivity index (χ3n) is 3.89. The topological polar surface area (TPSA) is 73.2 Å². The van der Waals surface area contributed by atoms with Crippen LogP contribution in [0.1, 0.15) is 43.2 Å². The summed E-state index contributed by atoms with van der Waals surface area (Å²) in [5, 5.41) is 2.71. The summed E-state index contributed by atoms with van der Waals surface area (Å²) < 4.78 is 7.29. The molecule has 3 rings (SSSR count). The van der Waals surface area contributed by atoms with Gasteiger partial charge < -0.3 is 14.6 Å². The number of hydrogen-bond donors (Lipinski definition) is 1. The highest BCUT2D eigenvalue weighted by molar-refractivity contribution is 5.90. The normalized spacial score (nSPS) is 13.0. The van der Waals surface area contributed by atoms with Gasteiger partial charge in [0.2, 0.25) is 5.91 Å². The van der Waals surface area contributed by atoms with Gasteiger partial charge in [-0.1, -0.05) is 6.07 Å². The maximum Gasteiger partial charge on any atom is 0.355 e. The van der Waals surface area contributed by atoms with Crippen molar-refractivity contribution in [3.05, 3.63) is 35.5 Å². The van der Waals surface area contributed by atoms with Crippen molar-refractivity contribution in [3.8, 4) is 11.4 Å². The molecule has 0 aliphatic carbocycles. The van der Waals surface area contributed by atoms with Crippen molar-refractivity contribution in [2.45, 2.75) is 46.3 Å². The van der Waals surface area contributed by atoms with E-state index < -0.39 is 0 Å². The van der Waals surface area contributed by atoms with Crippen molar-refractivity contribution in [1.29, 1.82) is 0 Å². The van der Waals surface area contributed by atoms with Gasteiger partial charge in [-0.2, -0.15) is 0 Å². The standard InChI is InChI=1S/C18H21N3O3/c1-11(2)24-18(23)15-8-7-14-17-13(5-4-10-21(14)15)6-9-16(20-17)19-12(3)22/h6-9,11H,4-5,10H2,1-3H3,(H,19,20,22). The van der Waals surface area contributed by atoms with Crippen LogP contribution in [0.5, 0.6) is 0 Å². The summed E-state index contributed by atoms with van der Waals surface area (Å²) in [6, 6.07) is 7.47. The number of esters is 1. The van der Waals surface area contributed by atoms with Gasteiger partial charge in [0, 0.05) is 13.5 Å². The highest BCUT2D eigenvalue weighted by Crippen LogP contribution is 2.30. The minimum Gasteiger partial charge on any atom is -0.458 e. The molecular formula is C18H21N3O3. The van der Waals surface area contributed by atoms with Crippen LogP contribution in [0.15, 0.2) is 24.3 Å². The lowest BCUT2D eigenvalue weighted by atomic mass is 10.1. The molecule has 0 fully saturated rings. The fraction of sp³-hybridized carbons (Fsp3) is 0.389. The molecule has 0 saturated carbocycles. The first-order valence-electron chi connectivity index (χ1n) is 8.14. The Bertz CT molecular complexity index is 793. The molecule has 6 nitrogen and oxygen atoms in total. The van der Waals surface area contributed by atoms with E-state index >= 15 is 0 Å². The van der Waals surface area contributed by atoms with Crippen molar-refractivity contribution >= 4 is 17.7 Å². The van der Waals surface area contributed by atoms with E-state index in [0.29, 0.717) is 11.5 Å². The van der Waals surface area contributed by atoms with Crippen molar-refractivity contribution in [3.63, 3.8) is 0 Å². The number of nitrogens with one attached hydrogen (secondary N) is 1. The summed E-state index contributed by atoms with van der Waals surface area (Å²) in [4.78, 5) is 28.2. The predicted molar refractivity (Wildman–Crippen MR) is 90.8 cm³/mol. The maximum absolute atomic E-state index is 12.3. The monoisotopic (exact) mass is 327 g/mol. The van der Waals surface area contributed by atoms with Gasteiger partial charge in [-0.15, -0.1) is 0 Å². The second kappa shape index (κ2) is 6.47. The van der Waals surface area contributed by atoms with Crippen LogP contribution in [0.25, 0.3) is 11.4 Å². The number of carbonyl (C=O) groups excluding carboxylic acids is 2. The molecule has 0 unspecified atom stereocenters. The SMILES string of the molecule is CC(=O)Nc1ccc2c(n1)-c1ccc(C(=O)OC(C)C)n1CCC2. The van der Waals surface area contributed by atoms with Gasteiger partial charge in [0.1, 0.15) is 11.5 Å². The number of ether oxygens (including phenoxy) is 1. The number of amides is 1. The lowest BCUT2D eigenvalue weighted by Gasteiger charge is -2.12.